The molecular weight excluding hydrogens is 364 g/mol. The molecule has 7 heteroatoms. The van der Waals surface area contributed by atoms with Gasteiger partial charge in [-0.3, -0.25) is 14.8 Å². The zero-order valence-corrected chi connectivity index (χ0v) is 17.6. The first-order valence-electron chi connectivity index (χ1n) is 10.2. The Morgan fingerprint density at radius 1 is 1.38 bits per heavy atom. The fourth-order valence-corrected chi connectivity index (χ4v) is 4.40. The number of rotatable bonds is 6. The minimum atomic E-state index is 0.0908. The molecule has 1 amide bonds. The Kier molecular flexibility index (Phi) is 6.65. The van der Waals surface area contributed by atoms with Crippen LogP contribution in [0.5, 0.6) is 0 Å². The van der Waals surface area contributed by atoms with Crippen LogP contribution in [0.25, 0.3) is 0 Å². The van der Waals surface area contributed by atoms with Crippen molar-refractivity contribution in [1.29, 1.82) is 5.26 Å². The summed E-state index contributed by atoms with van der Waals surface area (Å²) in [5.74, 6) is 0.913. The normalized spacial score (nSPS) is 24.8. The first-order chi connectivity index (χ1) is 14.0. The van der Waals surface area contributed by atoms with Gasteiger partial charge in [0.1, 0.15) is 17.4 Å². The molecule has 1 unspecified atom stereocenters. The van der Waals surface area contributed by atoms with Gasteiger partial charge in [-0.25, -0.2) is 0 Å². The molecule has 29 heavy (non-hydrogen) atoms. The van der Waals surface area contributed by atoms with E-state index in [1.165, 1.54) is 0 Å². The maximum atomic E-state index is 12.6. The number of anilines is 1. The van der Waals surface area contributed by atoms with Gasteiger partial charge in [0.05, 0.1) is 17.3 Å². The number of hydrogen-bond donors (Lipinski definition) is 1. The fourth-order valence-electron chi connectivity index (χ4n) is 4.40. The lowest BCUT2D eigenvalue weighted by atomic mass is 10.0. The SMILES string of the molecule is C=Nc1c(N2C[C@@H](C)[C@@H](NC(=O)CC3CCN(C)C3)C2)ccc(C#N)c1N=CC. The highest BCUT2D eigenvalue weighted by Crippen LogP contribution is 2.41. The number of nitrogens with one attached hydrogen (secondary N) is 1. The molecule has 1 aromatic carbocycles. The van der Waals surface area contributed by atoms with Crippen molar-refractivity contribution in [3.8, 4) is 6.07 Å². The number of hydrogen-bond acceptors (Lipinski definition) is 6. The summed E-state index contributed by atoms with van der Waals surface area (Å²) in [7, 11) is 2.11. The van der Waals surface area contributed by atoms with Crippen LogP contribution in [0.15, 0.2) is 22.1 Å². The largest absolute Gasteiger partial charge is 0.367 e. The van der Waals surface area contributed by atoms with Gasteiger partial charge >= 0.3 is 0 Å². The Hall–Kier alpha value is -2.72. The Labute approximate surface area is 173 Å². The standard InChI is InChI=1S/C22H30N6O/c1-5-25-21-17(11-23)6-7-19(22(21)24-3)28-12-15(2)18(14-28)26-20(29)10-16-8-9-27(4)13-16/h5-7,15-16,18H,3,8-10,12-14H2,1-2,4H3,(H,26,29)/t15-,16?,18+/m1/s1. The van der Waals surface area contributed by atoms with Gasteiger partial charge in [0.15, 0.2) is 0 Å². The molecule has 3 atom stereocenters. The highest BCUT2D eigenvalue weighted by molar-refractivity contribution is 5.86. The third-order valence-electron chi connectivity index (χ3n) is 5.93. The molecular formula is C22H30N6O. The van der Waals surface area contributed by atoms with Crippen molar-refractivity contribution in [3.63, 3.8) is 0 Å². The van der Waals surface area contributed by atoms with E-state index < -0.39 is 0 Å². The van der Waals surface area contributed by atoms with Crippen LogP contribution in [0.4, 0.5) is 17.1 Å². The van der Waals surface area contributed by atoms with Gasteiger partial charge < -0.3 is 15.1 Å². The Morgan fingerprint density at radius 3 is 2.79 bits per heavy atom. The topological polar surface area (TPSA) is 84.1 Å². The van der Waals surface area contributed by atoms with Gasteiger partial charge in [0.2, 0.25) is 5.91 Å². The van der Waals surface area contributed by atoms with Crippen LogP contribution in [0.2, 0.25) is 0 Å². The van der Waals surface area contributed by atoms with Gasteiger partial charge in [-0.2, -0.15) is 5.26 Å². The summed E-state index contributed by atoms with van der Waals surface area (Å²) in [6, 6.07) is 5.95. The Bertz CT molecular complexity index is 842. The smallest absolute Gasteiger partial charge is 0.220 e. The molecule has 154 valence electrons. The number of nitriles is 1. The fraction of sp³-hybridized carbons (Fsp3) is 0.545. The molecule has 0 radical (unpaired) electrons. The summed E-state index contributed by atoms with van der Waals surface area (Å²) in [5.41, 5.74) is 2.55. The molecule has 3 rings (SSSR count). The molecule has 0 spiro atoms. The lowest BCUT2D eigenvalue weighted by Gasteiger charge is -2.22. The van der Waals surface area contributed by atoms with Crippen molar-refractivity contribution >= 4 is 35.9 Å². The van der Waals surface area contributed by atoms with Crippen molar-refractivity contribution < 1.29 is 4.79 Å². The molecule has 2 aliphatic rings. The predicted octanol–water partition coefficient (Wildman–Crippen LogP) is 2.90. The summed E-state index contributed by atoms with van der Waals surface area (Å²) in [6.07, 6.45) is 3.35. The summed E-state index contributed by atoms with van der Waals surface area (Å²) < 4.78 is 0. The monoisotopic (exact) mass is 394 g/mol. The molecule has 0 aliphatic carbocycles. The van der Waals surface area contributed by atoms with Crippen molar-refractivity contribution in [3.05, 3.63) is 17.7 Å². The molecule has 0 bridgehead atoms. The molecule has 2 saturated heterocycles. The summed E-state index contributed by atoms with van der Waals surface area (Å²) in [6.45, 7) is 11.3. The zero-order valence-electron chi connectivity index (χ0n) is 17.6. The molecule has 0 saturated carbocycles. The number of amides is 1. The van der Waals surface area contributed by atoms with Gasteiger partial charge in [0.25, 0.3) is 0 Å². The molecule has 7 nitrogen and oxygen atoms in total. The molecule has 0 aromatic heterocycles. The first kappa shape index (κ1) is 21.0. The second kappa shape index (κ2) is 9.19. The van der Waals surface area contributed by atoms with Gasteiger partial charge in [0, 0.05) is 32.3 Å². The quantitative estimate of drug-likeness (QED) is 0.752. The third-order valence-corrected chi connectivity index (χ3v) is 5.93. The minimum absolute atomic E-state index is 0.0908. The van der Waals surface area contributed by atoms with Crippen LogP contribution in [0.3, 0.4) is 0 Å². The van der Waals surface area contributed by atoms with E-state index >= 15 is 0 Å². The van der Waals surface area contributed by atoms with Crippen LogP contribution >= 0.6 is 0 Å². The second-order valence-electron chi connectivity index (χ2n) is 8.16. The second-order valence-corrected chi connectivity index (χ2v) is 8.16. The molecule has 2 fully saturated rings. The maximum absolute atomic E-state index is 12.6. The van der Waals surface area contributed by atoms with E-state index in [0.29, 0.717) is 41.7 Å². The van der Waals surface area contributed by atoms with Crippen molar-refractivity contribution in [2.45, 2.75) is 32.7 Å². The van der Waals surface area contributed by atoms with Crippen LogP contribution in [-0.4, -0.2) is 63.0 Å². The van der Waals surface area contributed by atoms with E-state index in [9.17, 15) is 10.1 Å². The van der Waals surface area contributed by atoms with Crippen molar-refractivity contribution in [2.24, 2.45) is 21.8 Å². The van der Waals surface area contributed by atoms with E-state index in [1.807, 2.05) is 13.0 Å². The highest BCUT2D eigenvalue weighted by Gasteiger charge is 2.33. The van der Waals surface area contributed by atoms with E-state index in [2.05, 4.69) is 51.9 Å². The number of carbonyl (C=O) groups is 1. The number of aliphatic imine (C=N–C) groups is 2. The van der Waals surface area contributed by atoms with E-state index in [1.54, 1.807) is 12.3 Å². The Morgan fingerprint density at radius 2 is 2.17 bits per heavy atom. The molecule has 1 aromatic rings. The average molecular weight is 395 g/mol. The third kappa shape index (κ3) is 4.65. The van der Waals surface area contributed by atoms with Crippen LogP contribution in [0, 0.1) is 23.2 Å². The van der Waals surface area contributed by atoms with Gasteiger partial charge in [-0.1, -0.05) is 6.92 Å². The van der Waals surface area contributed by atoms with Crippen molar-refractivity contribution in [2.75, 3.05) is 38.1 Å². The number of benzene rings is 1. The van der Waals surface area contributed by atoms with E-state index in [0.717, 1.165) is 31.7 Å². The van der Waals surface area contributed by atoms with Crippen LogP contribution < -0.4 is 10.2 Å². The average Bonchev–Trinajstić information content (AvgIpc) is 3.26. The summed E-state index contributed by atoms with van der Waals surface area (Å²) >= 11 is 0. The number of carbonyl (C=O) groups excluding carboxylic acids is 1. The summed E-state index contributed by atoms with van der Waals surface area (Å²) in [4.78, 5) is 25.6. The zero-order chi connectivity index (χ0) is 21.0. The van der Waals surface area contributed by atoms with Gasteiger partial charge in [-0.05, 0) is 57.6 Å². The minimum Gasteiger partial charge on any atom is -0.367 e. The number of nitrogens with zero attached hydrogens (tertiary/aromatic N) is 5. The first-order valence-corrected chi connectivity index (χ1v) is 10.2. The highest BCUT2D eigenvalue weighted by atomic mass is 16.1. The van der Waals surface area contributed by atoms with Gasteiger partial charge in [-0.15, -0.1) is 0 Å². The lowest BCUT2D eigenvalue weighted by molar-refractivity contribution is -0.122. The summed E-state index contributed by atoms with van der Waals surface area (Å²) in [5, 5.41) is 12.6. The predicted molar refractivity (Wildman–Crippen MR) is 118 cm³/mol. The molecule has 1 N–H and O–H groups in total. The lowest BCUT2D eigenvalue weighted by Crippen LogP contribution is -2.40. The Balaban J connectivity index is 1.72. The maximum Gasteiger partial charge on any atom is 0.220 e. The van der Waals surface area contributed by atoms with Crippen LogP contribution in [-0.2, 0) is 4.79 Å². The molecule has 2 heterocycles. The number of likely N-dealkylation sites (tertiary alicyclic amines) is 1. The van der Waals surface area contributed by atoms with E-state index in [4.69, 9.17) is 0 Å². The molecule has 2 aliphatic heterocycles. The van der Waals surface area contributed by atoms with Crippen LogP contribution in [0.1, 0.15) is 32.3 Å². The van der Waals surface area contributed by atoms with Crippen molar-refractivity contribution in [1.82, 2.24) is 10.2 Å². The van der Waals surface area contributed by atoms with E-state index in [-0.39, 0.29) is 11.9 Å².